The number of hydrogen-bond donors (Lipinski definition) is 2. The van der Waals surface area contributed by atoms with E-state index in [2.05, 4.69) is 10.6 Å². The van der Waals surface area contributed by atoms with Crippen LogP contribution >= 0.6 is 0 Å². The molecular formula is C18H28N2O3. The normalized spacial score (nSPS) is 17.2. The standard InChI is InChI=1S/C18H28N2O3/c1-3-22-9-10-23-17-11-14(2)6-7-15(17)13-20-18(21)12-16-5-4-8-19-16/h6-7,11,16,19H,3-5,8-10,12-13H2,1-2H3,(H,20,21). The Morgan fingerprint density at radius 2 is 2.26 bits per heavy atom. The van der Waals surface area contributed by atoms with Gasteiger partial charge in [-0.2, -0.15) is 0 Å². The lowest BCUT2D eigenvalue weighted by Gasteiger charge is -2.14. The number of carbonyl (C=O) groups is 1. The Morgan fingerprint density at radius 1 is 1.39 bits per heavy atom. The fourth-order valence-electron chi connectivity index (χ4n) is 2.72. The Morgan fingerprint density at radius 3 is 3.00 bits per heavy atom. The number of amides is 1. The van der Waals surface area contributed by atoms with Crippen molar-refractivity contribution in [3.63, 3.8) is 0 Å². The summed E-state index contributed by atoms with van der Waals surface area (Å²) >= 11 is 0. The fraction of sp³-hybridized carbons (Fsp3) is 0.611. The maximum Gasteiger partial charge on any atom is 0.221 e. The molecule has 1 atom stereocenters. The van der Waals surface area contributed by atoms with Crippen LogP contribution in [0.3, 0.4) is 0 Å². The van der Waals surface area contributed by atoms with Gasteiger partial charge in [0.15, 0.2) is 0 Å². The number of nitrogens with one attached hydrogen (secondary N) is 2. The Balaban J connectivity index is 1.83. The highest BCUT2D eigenvalue weighted by Crippen LogP contribution is 2.20. The topological polar surface area (TPSA) is 59.6 Å². The molecule has 128 valence electrons. The molecule has 1 aliphatic rings. The van der Waals surface area contributed by atoms with E-state index in [1.165, 1.54) is 0 Å². The molecule has 1 heterocycles. The second-order valence-corrected chi connectivity index (χ2v) is 5.93. The number of aryl methyl sites for hydroxylation is 1. The Hall–Kier alpha value is -1.59. The smallest absolute Gasteiger partial charge is 0.221 e. The summed E-state index contributed by atoms with van der Waals surface area (Å²) in [7, 11) is 0. The molecule has 0 aromatic heterocycles. The van der Waals surface area contributed by atoms with Crippen LogP contribution in [-0.2, 0) is 16.1 Å². The van der Waals surface area contributed by atoms with Gasteiger partial charge in [0, 0.05) is 31.2 Å². The molecule has 1 saturated heterocycles. The average molecular weight is 320 g/mol. The van der Waals surface area contributed by atoms with Gasteiger partial charge in [-0.15, -0.1) is 0 Å². The predicted molar refractivity (Wildman–Crippen MR) is 90.7 cm³/mol. The highest BCUT2D eigenvalue weighted by molar-refractivity contribution is 5.76. The van der Waals surface area contributed by atoms with Gasteiger partial charge in [0.1, 0.15) is 12.4 Å². The van der Waals surface area contributed by atoms with Crippen LogP contribution < -0.4 is 15.4 Å². The average Bonchev–Trinajstić information content (AvgIpc) is 3.03. The van der Waals surface area contributed by atoms with E-state index in [4.69, 9.17) is 9.47 Å². The molecular weight excluding hydrogens is 292 g/mol. The van der Waals surface area contributed by atoms with Crippen LogP contribution in [0.25, 0.3) is 0 Å². The Bertz CT molecular complexity index is 499. The first-order chi connectivity index (χ1) is 11.2. The summed E-state index contributed by atoms with van der Waals surface area (Å²) in [6.07, 6.45) is 2.80. The van der Waals surface area contributed by atoms with Gasteiger partial charge in [-0.3, -0.25) is 4.79 Å². The molecule has 2 N–H and O–H groups in total. The van der Waals surface area contributed by atoms with Crippen LogP contribution in [-0.4, -0.2) is 38.3 Å². The first kappa shape index (κ1) is 17.8. The number of carbonyl (C=O) groups excluding carboxylic acids is 1. The summed E-state index contributed by atoms with van der Waals surface area (Å²) in [6.45, 7) is 7.29. The summed E-state index contributed by atoms with van der Waals surface area (Å²) < 4.78 is 11.1. The van der Waals surface area contributed by atoms with E-state index in [0.717, 1.165) is 36.3 Å². The van der Waals surface area contributed by atoms with E-state index >= 15 is 0 Å². The van der Waals surface area contributed by atoms with Gasteiger partial charge >= 0.3 is 0 Å². The van der Waals surface area contributed by atoms with E-state index in [9.17, 15) is 4.79 Å². The Kier molecular flexibility index (Phi) is 7.36. The van der Waals surface area contributed by atoms with Crippen molar-refractivity contribution in [3.05, 3.63) is 29.3 Å². The third kappa shape index (κ3) is 6.20. The first-order valence-electron chi connectivity index (χ1n) is 8.49. The van der Waals surface area contributed by atoms with Crippen molar-refractivity contribution in [1.29, 1.82) is 0 Å². The summed E-state index contributed by atoms with van der Waals surface area (Å²) in [4.78, 5) is 12.0. The van der Waals surface area contributed by atoms with E-state index in [-0.39, 0.29) is 5.91 Å². The van der Waals surface area contributed by atoms with Crippen LogP contribution in [0.1, 0.15) is 37.3 Å². The van der Waals surface area contributed by atoms with Gasteiger partial charge in [0.2, 0.25) is 5.91 Å². The summed E-state index contributed by atoms with van der Waals surface area (Å²) in [5, 5.41) is 6.34. The minimum Gasteiger partial charge on any atom is -0.491 e. The number of hydrogen-bond acceptors (Lipinski definition) is 4. The molecule has 2 rings (SSSR count). The molecule has 1 aromatic rings. The van der Waals surface area contributed by atoms with Crippen LogP contribution in [0, 0.1) is 6.92 Å². The Labute approximate surface area is 138 Å². The molecule has 5 nitrogen and oxygen atoms in total. The largest absolute Gasteiger partial charge is 0.491 e. The van der Waals surface area contributed by atoms with Crippen LogP contribution in [0.15, 0.2) is 18.2 Å². The molecule has 0 spiro atoms. The maximum absolute atomic E-state index is 12.0. The number of ether oxygens (including phenoxy) is 2. The molecule has 1 aliphatic heterocycles. The third-order valence-corrected chi connectivity index (χ3v) is 3.98. The summed E-state index contributed by atoms with van der Waals surface area (Å²) in [5.41, 5.74) is 2.14. The molecule has 0 bridgehead atoms. The highest BCUT2D eigenvalue weighted by atomic mass is 16.5. The first-order valence-corrected chi connectivity index (χ1v) is 8.49. The molecule has 5 heteroatoms. The zero-order valence-electron chi connectivity index (χ0n) is 14.2. The van der Waals surface area contributed by atoms with Gasteiger partial charge in [-0.05, 0) is 44.9 Å². The van der Waals surface area contributed by atoms with Crippen LogP contribution in [0.2, 0.25) is 0 Å². The number of benzene rings is 1. The van der Waals surface area contributed by atoms with Gasteiger partial charge in [-0.1, -0.05) is 12.1 Å². The molecule has 0 radical (unpaired) electrons. The second-order valence-electron chi connectivity index (χ2n) is 5.93. The van der Waals surface area contributed by atoms with Crippen molar-refractivity contribution in [2.45, 2.75) is 45.7 Å². The summed E-state index contributed by atoms with van der Waals surface area (Å²) in [5.74, 6) is 0.911. The second kappa shape index (κ2) is 9.53. The lowest BCUT2D eigenvalue weighted by Crippen LogP contribution is -2.31. The molecule has 0 saturated carbocycles. The van der Waals surface area contributed by atoms with E-state index in [0.29, 0.717) is 38.8 Å². The van der Waals surface area contributed by atoms with Crippen molar-refractivity contribution in [2.24, 2.45) is 0 Å². The van der Waals surface area contributed by atoms with E-state index in [1.807, 2.05) is 32.0 Å². The monoisotopic (exact) mass is 320 g/mol. The molecule has 23 heavy (non-hydrogen) atoms. The molecule has 1 fully saturated rings. The van der Waals surface area contributed by atoms with Crippen LogP contribution in [0.5, 0.6) is 5.75 Å². The van der Waals surface area contributed by atoms with Gasteiger partial charge < -0.3 is 20.1 Å². The zero-order chi connectivity index (χ0) is 16.5. The van der Waals surface area contributed by atoms with Crippen molar-refractivity contribution in [3.8, 4) is 5.75 Å². The van der Waals surface area contributed by atoms with Gasteiger partial charge in [-0.25, -0.2) is 0 Å². The predicted octanol–water partition coefficient (Wildman–Crippen LogP) is 2.17. The molecule has 1 aromatic carbocycles. The van der Waals surface area contributed by atoms with Crippen molar-refractivity contribution >= 4 is 5.91 Å². The SMILES string of the molecule is CCOCCOc1cc(C)ccc1CNC(=O)CC1CCCN1. The minimum atomic E-state index is 0.0882. The van der Waals surface area contributed by atoms with E-state index in [1.54, 1.807) is 0 Å². The molecule has 1 unspecified atom stereocenters. The van der Waals surface area contributed by atoms with Crippen LogP contribution in [0.4, 0.5) is 0 Å². The van der Waals surface area contributed by atoms with Crippen molar-refractivity contribution in [2.75, 3.05) is 26.4 Å². The van der Waals surface area contributed by atoms with Crippen molar-refractivity contribution < 1.29 is 14.3 Å². The minimum absolute atomic E-state index is 0.0882. The summed E-state index contributed by atoms with van der Waals surface area (Å²) in [6, 6.07) is 6.39. The van der Waals surface area contributed by atoms with E-state index < -0.39 is 0 Å². The lowest BCUT2D eigenvalue weighted by atomic mass is 10.1. The number of rotatable bonds is 9. The zero-order valence-corrected chi connectivity index (χ0v) is 14.2. The van der Waals surface area contributed by atoms with Gasteiger partial charge in [0.25, 0.3) is 0 Å². The molecule has 0 aliphatic carbocycles. The maximum atomic E-state index is 12.0. The molecule has 1 amide bonds. The fourth-order valence-corrected chi connectivity index (χ4v) is 2.72. The van der Waals surface area contributed by atoms with Gasteiger partial charge in [0.05, 0.1) is 6.61 Å². The quantitative estimate of drug-likeness (QED) is 0.685. The highest BCUT2D eigenvalue weighted by Gasteiger charge is 2.17. The van der Waals surface area contributed by atoms with Crippen molar-refractivity contribution in [1.82, 2.24) is 10.6 Å². The lowest BCUT2D eigenvalue weighted by molar-refractivity contribution is -0.121. The third-order valence-electron chi connectivity index (χ3n) is 3.98.